The van der Waals surface area contributed by atoms with Gasteiger partial charge >= 0.3 is 0 Å². The molecule has 0 aromatic heterocycles. The SMILES string of the molecule is CNCc1cc(F)cc(Oc2cc(Cl)ccc2Cl)c1. The lowest BCUT2D eigenvalue weighted by Gasteiger charge is -2.10. The fraction of sp³-hybridized carbons (Fsp3) is 0.143. The zero-order chi connectivity index (χ0) is 13.8. The summed E-state index contributed by atoms with van der Waals surface area (Å²) in [4.78, 5) is 0. The van der Waals surface area contributed by atoms with Crippen molar-refractivity contribution in [2.45, 2.75) is 6.54 Å². The first-order valence-corrected chi connectivity index (χ1v) is 6.41. The smallest absolute Gasteiger partial charge is 0.147 e. The maximum absolute atomic E-state index is 13.5. The predicted octanol–water partition coefficient (Wildman–Crippen LogP) is 4.64. The van der Waals surface area contributed by atoms with Crippen molar-refractivity contribution in [1.82, 2.24) is 5.32 Å². The van der Waals surface area contributed by atoms with Gasteiger partial charge in [-0.2, -0.15) is 0 Å². The van der Waals surface area contributed by atoms with Gasteiger partial charge in [-0.1, -0.05) is 23.2 Å². The molecule has 0 atom stereocenters. The fourth-order valence-electron chi connectivity index (χ4n) is 1.67. The van der Waals surface area contributed by atoms with Crippen LogP contribution in [0.15, 0.2) is 36.4 Å². The molecule has 0 aliphatic heterocycles. The van der Waals surface area contributed by atoms with Crippen LogP contribution < -0.4 is 10.1 Å². The Morgan fingerprint density at radius 1 is 1.16 bits per heavy atom. The highest BCUT2D eigenvalue weighted by molar-refractivity contribution is 6.34. The molecule has 0 saturated carbocycles. The van der Waals surface area contributed by atoms with Gasteiger partial charge in [0.2, 0.25) is 0 Å². The molecule has 0 radical (unpaired) electrons. The van der Waals surface area contributed by atoms with Crippen LogP contribution in [0.5, 0.6) is 11.5 Å². The third-order valence-electron chi connectivity index (χ3n) is 2.43. The Bertz CT molecular complexity index is 590. The van der Waals surface area contributed by atoms with Crippen LogP contribution in [0.4, 0.5) is 4.39 Å². The minimum atomic E-state index is -0.360. The predicted molar refractivity (Wildman–Crippen MR) is 75.7 cm³/mol. The monoisotopic (exact) mass is 299 g/mol. The molecule has 2 aromatic rings. The quantitative estimate of drug-likeness (QED) is 0.888. The highest BCUT2D eigenvalue weighted by atomic mass is 35.5. The summed E-state index contributed by atoms with van der Waals surface area (Å²) in [7, 11) is 1.79. The molecule has 1 N–H and O–H groups in total. The first kappa shape index (κ1) is 14.1. The third kappa shape index (κ3) is 3.83. The standard InChI is InChI=1S/C14H12Cl2FNO/c1-18-8-9-4-11(17)7-12(5-9)19-14-6-10(15)2-3-13(14)16/h2-7,18H,8H2,1H3. The molecule has 0 amide bonds. The van der Waals surface area contributed by atoms with Crippen LogP contribution in [0, 0.1) is 5.82 Å². The van der Waals surface area contributed by atoms with E-state index in [1.165, 1.54) is 12.1 Å². The molecular formula is C14H12Cl2FNO. The van der Waals surface area contributed by atoms with Gasteiger partial charge in [-0.25, -0.2) is 4.39 Å². The van der Waals surface area contributed by atoms with Gasteiger partial charge in [-0.15, -0.1) is 0 Å². The number of hydrogen-bond donors (Lipinski definition) is 1. The van der Waals surface area contributed by atoms with Crippen LogP contribution in [0.25, 0.3) is 0 Å². The Balaban J connectivity index is 2.29. The van der Waals surface area contributed by atoms with Crippen molar-refractivity contribution >= 4 is 23.2 Å². The molecule has 19 heavy (non-hydrogen) atoms. The van der Waals surface area contributed by atoms with E-state index in [9.17, 15) is 4.39 Å². The Hall–Kier alpha value is -1.29. The van der Waals surface area contributed by atoms with Crippen LogP contribution in [0.1, 0.15) is 5.56 Å². The minimum absolute atomic E-state index is 0.360. The molecule has 0 unspecified atom stereocenters. The summed E-state index contributed by atoms with van der Waals surface area (Å²) in [6.45, 7) is 0.553. The average molecular weight is 300 g/mol. The maximum atomic E-state index is 13.5. The van der Waals surface area contributed by atoms with Gasteiger partial charge in [0.05, 0.1) is 5.02 Å². The first-order chi connectivity index (χ1) is 9.08. The average Bonchev–Trinajstić information content (AvgIpc) is 2.33. The van der Waals surface area contributed by atoms with Crippen molar-refractivity contribution in [1.29, 1.82) is 0 Å². The number of rotatable bonds is 4. The van der Waals surface area contributed by atoms with Gasteiger partial charge in [0.1, 0.15) is 17.3 Å². The van der Waals surface area contributed by atoms with E-state index in [1.807, 2.05) is 0 Å². The van der Waals surface area contributed by atoms with Crippen LogP contribution in [0.3, 0.4) is 0 Å². The molecule has 0 aliphatic rings. The van der Waals surface area contributed by atoms with E-state index in [-0.39, 0.29) is 5.82 Å². The van der Waals surface area contributed by atoms with Gasteiger partial charge in [0.25, 0.3) is 0 Å². The summed E-state index contributed by atoms with van der Waals surface area (Å²) < 4.78 is 19.0. The largest absolute Gasteiger partial charge is 0.456 e. The van der Waals surface area contributed by atoms with Crippen molar-refractivity contribution in [3.63, 3.8) is 0 Å². The molecule has 0 heterocycles. The van der Waals surface area contributed by atoms with E-state index < -0.39 is 0 Å². The summed E-state index contributed by atoms with van der Waals surface area (Å²) in [5.41, 5.74) is 0.788. The summed E-state index contributed by atoms with van der Waals surface area (Å²) in [6, 6.07) is 9.38. The van der Waals surface area contributed by atoms with Crippen molar-refractivity contribution in [3.05, 3.63) is 57.8 Å². The second-order valence-electron chi connectivity index (χ2n) is 4.00. The van der Waals surface area contributed by atoms with Crippen LogP contribution in [-0.4, -0.2) is 7.05 Å². The van der Waals surface area contributed by atoms with Crippen molar-refractivity contribution < 1.29 is 9.13 Å². The molecule has 0 spiro atoms. The number of ether oxygens (including phenoxy) is 1. The number of halogens is 3. The van der Waals surface area contributed by atoms with Gasteiger partial charge in [0, 0.05) is 23.7 Å². The summed E-state index contributed by atoms with van der Waals surface area (Å²) in [6.07, 6.45) is 0. The second-order valence-corrected chi connectivity index (χ2v) is 4.85. The highest BCUT2D eigenvalue weighted by Crippen LogP contribution is 2.32. The minimum Gasteiger partial charge on any atom is -0.456 e. The Morgan fingerprint density at radius 2 is 1.95 bits per heavy atom. The molecule has 0 aliphatic carbocycles. The Labute approximate surface area is 121 Å². The van der Waals surface area contributed by atoms with Crippen LogP contribution in [-0.2, 0) is 6.54 Å². The highest BCUT2D eigenvalue weighted by Gasteiger charge is 2.07. The molecular weight excluding hydrogens is 288 g/mol. The van der Waals surface area contributed by atoms with Gasteiger partial charge in [-0.3, -0.25) is 0 Å². The zero-order valence-corrected chi connectivity index (χ0v) is 11.7. The molecule has 2 rings (SSSR count). The molecule has 0 saturated heterocycles. The topological polar surface area (TPSA) is 21.3 Å². The lowest BCUT2D eigenvalue weighted by atomic mass is 10.2. The fourth-order valence-corrected chi connectivity index (χ4v) is 1.99. The lowest BCUT2D eigenvalue weighted by molar-refractivity contribution is 0.475. The van der Waals surface area contributed by atoms with E-state index in [2.05, 4.69) is 5.32 Å². The Kier molecular flexibility index (Phi) is 4.64. The van der Waals surface area contributed by atoms with Gasteiger partial charge < -0.3 is 10.1 Å². The Morgan fingerprint density at radius 3 is 2.68 bits per heavy atom. The third-order valence-corrected chi connectivity index (χ3v) is 2.98. The molecule has 100 valence electrons. The lowest BCUT2D eigenvalue weighted by Crippen LogP contribution is -2.05. The number of hydrogen-bond acceptors (Lipinski definition) is 2. The van der Waals surface area contributed by atoms with Crippen molar-refractivity contribution in [3.8, 4) is 11.5 Å². The second kappa shape index (κ2) is 6.24. The van der Waals surface area contributed by atoms with E-state index in [4.69, 9.17) is 27.9 Å². The van der Waals surface area contributed by atoms with Crippen molar-refractivity contribution in [2.75, 3.05) is 7.05 Å². The van der Waals surface area contributed by atoms with Crippen LogP contribution >= 0.6 is 23.2 Å². The number of benzene rings is 2. The molecule has 5 heteroatoms. The van der Waals surface area contributed by atoms with E-state index in [1.54, 1.807) is 31.3 Å². The molecule has 2 nitrogen and oxygen atoms in total. The van der Waals surface area contributed by atoms with E-state index >= 15 is 0 Å². The van der Waals surface area contributed by atoms with Gasteiger partial charge in [-0.05, 0) is 36.9 Å². The first-order valence-electron chi connectivity index (χ1n) is 5.65. The van der Waals surface area contributed by atoms with Gasteiger partial charge in [0.15, 0.2) is 0 Å². The summed E-state index contributed by atoms with van der Waals surface area (Å²) in [5.74, 6) is 0.422. The van der Waals surface area contributed by atoms with Crippen molar-refractivity contribution in [2.24, 2.45) is 0 Å². The summed E-state index contributed by atoms with van der Waals surface area (Å²) >= 11 is 11.9. The molecule has 0 fully saturated rings. The normalized spacial score (nSPS) is 10.5. The molecule has 0 bridgehead atoms. The maximum Gasteiger partial charge on any atom is 0.147 e. The zero-order valence-electron chi connectivity index (χ0n) is 10.2. The molecule has 2 aromatic carbocycles. The van der Waals surface area contributed by atoms with E-state index in [0.717, 1.165) is 5.56 Å². The number of nitrogens with one attached hydrogen (secondary N) is 1. The van der Waals surface area contributed by atoms with E-state index in [0.29, 0.717) is 28.1 Å². The summed E-state index contributed by atoms with van der Waals surface area (Å²) in [5, 5.41) is 3.88. The van der Waals surface area contributed by atoms with Crippen LogP contribution in [0.2, 0.25) is 10.0 Å².